The minimum absolute atomic E-state index is 0.662. The number of fused-ring (bicyclic) bond motifs is 1. The first-order chi connectivity index (χ1) is 14.3. The van der Waals surface area contributed by atoms with Crippen LogP contribution < -0.4 is 10.2 Å². The molecule has 8 heteroatoms. The molecule has 7 nitrogen and oxygen atoms in total. The van der Waals surface area contributed by atoms with Crippen molar-refractivity contribution in [3.8, 4) is 5.69 Å². The average Bonchev–Trinajstić information content (AvgIpc) is 3.21. The van der Waals surface area contributed by atoms with E-state index in [4.69, 9.17) is 26.3 Å². The fraction of sp³-hybridized carbons (Fsp3) is 0.190. The summed E-state index contributed by atoms with van der Waals surface area (Å²) in [6, 6.07) is 17.5. The molecule has 29 heavy (non-hydrogen) atoms. The Bertz CT molecular complexity index is 1120. The standard InChI is InChI=1S/C21H19ClN6O/c22-15-6-8-16(9-7-15)24-19-18-14-23-28(17-4-2-1-3-5-17)20(18)26-21(25-19)27-10-12-29-13-11-27/h1-9,14H,10-13H2,(H,24,25,26). The molecule has 0 atom stereocenters. The highest BCUT2D eigenvalue weighted by Gasteiger charge is 2.19. The molecule has 2 aromatic carbocycles. The zero-order valence-corrected chi connectivity index (χ0v) is 16.4. The molecule has 3 heterocycles. The zero-order valence-electron chi connectivity index (χ0n) is 15.6. The van der Waals surface area contributed by atoms with Gasteiger partial charge in [-0.3, -0.25) is 0 Å². The van der Waals surface area contributed by atoms with E-state index in [0.29, 0.717) is 30.0 Å². The van der Waals surface area contributed by atoms with Crippen LogP contribution in [0.5, 0.6) is 0 Å². The van der Waals surface area contributed by atoms with Gasteiger partial charge in [-0.1, -0.05) is 29.8 Å². The van der Waals surface area contributed by atoms with E-state index in [1.54, 1.807) is 6.20 Å². The molecule has 0 spiro atoms. The van der Waals surface area contributed by atoms with Crippen molar-refractivity contribution in [2.45, 2.75) is 0 Å². The maximum atomic E-state index is 6.02. The summed E-state index contributed by atoms with van der Waals surface area (Å²) < 4.78 is 7.32. The van der Waals surface area contributed by atoms with Crippen LogP contribution in [0, 0.1) is 0 Å². The van der Waals surface area contributed by atoms with Crippen LogP contribution in [-0.4, -0.2) is 46.1 Å². The van der Waals surface area contributed by atoms with Gasteiger partial charge in [0, 0.05) is 23.8 Å². The summed E-state index contributed by atoms with van der Waals surface area (Å²) in [7, 11) is 0. The number of anilines is 3. The molecule has 2 aromatic heterocycles. The highest BCUT2D eigenvalue weighted by molar-refractivity contribution is 6.30. The molecule has 1 aliphatic rings. The largest absolute Gasteiger partial charge is 0.378 e. The third-order valence-corrected chi connectivity index (χ3v) is 5.07. The maximum Gasteiger partial charge on any atom is 0.229 e. The Kier molecular flexibility index (Phi) is 4.75. The van der Waals surface area contributed by atoms with Crippen molar-refractivity contribution < 1.29 is 4.74 Å². The molecular weight excluding hydrogens is 388 g/mol. The Morgan fingerprint density at radius 1 is 0.931 bits per heavy atom. The number of morpholine rings is 1. The summed E-state index contributed by atoms with van der Waals surface area (Å²) in [6.45, 7) is 2.84. The predicted octanol–water partition coefficient (Wildman–Crippen LogP) is 4.05. The van der Waals surface area contributed by atoms with Crippen molar-refractivity contribution >= 4 is 40.1 Å². The second-order valence-electron chi connectivity index (χ2n) is 6.73. The van der Waals surface area contributed by atoms with Gasteiger partial charge in [-0.05, 0) is 36.4 Å². The van der Waals surface area contributed by atoms with Gasteiger partial charge in [0.2, 0.25) is 5.95 Å². The van der Waals surface area contributed by atoms with Gasteiger partial charge in [0.15, 0.2) is 5.65 Å². The first kappa shape index (κ1) is 17.9. The van der Waals surface area contributed by atoms with Gasteiger partial charge in [-0.2, -0.15) is 15.1 Å². The monoisotopic (exact) mass is 406 g/mol. The minimum atomic E-state index is 0.662. The van der Waals surface area contributed by atoms with Crippen molar-refractivity contribution in [2.75, 3.05) is 36.5 Å². The van der Waals surface area contributed by atoms with E-state index in [9.17, 15) is 0 Å². The van der Waals surface area contributed by atoms with Gasteiger partial charge in [-0.15, -0.1) is 0 Å². The number of rotatable bonds is 4. The first-order valence-electron chi connectivity index (χ1n) is 9.44. The van der Waals surface area contributed by atoms with E-state index >= 15 is 0 Å². The molecule has 1 aliphatic heterocycles. The zero-order chi connectivity index (χ0) is 19.6. The number of halogens is 1. The van der Waals surface area contributed by atoms with E-state index in [2.05, 4.69) is 15.3 Å². The number of benzene rings is 2. The Labute approximate surface area is 172 Å². The first-order valence-corrected chi connectivity index (χ1v) is 9.82. The van der Waals surface area contributed by atoms with Gasteiger partial charge in [0.1, 0.15) is 5.82 Å². The van der Waals surface area contributed by atoms with Gasteiger partial charge >= 0.3 is 0 Å². The molecule has 146 valence electrons. The lowest BCUT2D eigenvalue weighted by Gasteiger charge is -2.27. The van der Waals surface area contributed by atoms with Gasteiger partial charge in [0.05, 0.1) is 30.5 Å². The van der Waals surface area contributed by atoms with Gasteiger partial charge < -0.3 is 15.0 Å². The van der Waals surface area contributed by atoms with Crippen LogP contribution in [0.4, 0.5) is 17.5 Å². The second-order valence-corrected chi connectivity index (χ2v) is 7.17. The van der Waals surface area contributed by atoms with Crippen LogP contribution in [-0.2, 0) is 4.74 Å². The summed E-state index contributed by atoms with van der Waals surface area (Å²) in [5, 5.41) is 9.51. The number of para-hydroxylation sites is 1. The van der Waals surface area contributed by atoms with Crippen LogP contribution in [0.1, 0.15) is 0 Å². The van der Waals surface area contributed by atoms with E-state index in [-0.39, 0.29) is 0 Å². The molecule has 4 aromatic rings. The quantitative estimate of drug-likeness (QED) is 0.551. The minimum Gasteiger partial charge on any atom is -0.378 e. The van der Waals surface area contributed by atoms with E-state index in [1.807, 2.05) is 59.3 Å². The van der Waals surface area contributed by atoms with Crippen molar-refractivity contribution in [3.63, 3.8) is 0 Å². The van der Waals surface area contributed by atoms with Gasteiger partial charge in [-0.25, -0.2) is 4.68 Å². The highest BCUT2D eigenvalue weighted by Crippen LogP contribution is 2.28. The number of hydrogen-bond acceptors (Lipinski definition) is 6. The Balaban J connectivity index is 1.63. The van der Waals surface area contributed by atoms with E-state index < -0.39 is 0 Å². The fourth-order valence-electron chi connectivity index (χ4n) is 3.32. The lowest BCUT2D eigenvalue weighted by Crippen LogP contribution is -2.37. The predicted molar refractivity (Wildman–Crippen MR) is 114 cm³/mol. The Morgan fingerprint density at radius 2 is 1.69 bits per heavy atom. The molecule has 5 rings (SSSR count). The number of nitrogens with one attached hydrogen (secondary N) is 1. The molecule has 0 saturated carbocycles. The van der Waals surface area contributed by atoms with Crippen LogP contribution >= 0.6 is 11.6 Å². The molecular formula is C21H19ClN6O. The third kappa shape index (κ3) is 3.62. The van der Waals surface area contributed by atoms with Crippen molar-refractivity contribution in [1.29, 1.82) is 0 Å². The van der Waals surface area contributed by atoms with E-state index in [1.165, 1.54) is 0 Å². The van der Waals surface area contributed by atoms with E-state index in [0.717, 1.165) is 35.5 Å². The lowest BCUT2D eigenvalue weighted by atomic mass is 10.3. The summed E-state index contributed by atoms with van der Waals surface area (Å²) in [5.74, 6) is 1.37. The normalized spacial score (nSPS) is 14.3. The van der Waals surface area contributed by atoms with Crippen LogP contribution in [0.25, 0.3) is 16.7 Å². The van der Waals surface area contributed by atoms with Crippen molar-refractivity contribution in [3.05, 3.63) is 65.8 Å². The number of ether oxygens (including phenoxy) is 1. The summed E-state index contributed by atoms with van der Waals surface area (Å²) in [5.41, 5.74) is 2.60. The molecule has 0 radical (unpaired) electrons. The molecule has 0 unspecified atom stereocenters. The molecule has 0 aliphatic carbocycles. The highest BCUT2D eigenvalue weighted by atomic mass is 35.5. The molecule has 1 fully saturated rings. The smallest absolute Gasteiger partial charge is 0.229 e. The SMILES string of the molecule is Clc1ccc(Nc2nc(N3CCOCC3)nc3c2cnn3-c2ccccc2)cc1. The van der Waals surface area contributed by atoms with Crippen LogP contribution in [0.15, 0.2) is 60.8 Å². The second kappa shape index (κ2) is 7.69. The third-order valence-electron chi connectivity index (χ3n) is 4.82. The molecule has 1 N–H and O–H groups in total. The summed E-state index contributed by atoms with van der Waals surface area (Å²) in [4.78, 5) is 11.8. The number of hydrogen-bond donors (Lipinski definition) is 1. The summed E-state index contributed by atoms with van der Waals surface area (Å²) >= 11 is 6.02. The van der Waals surface area contributed by atoms with Crippen LogP contribution in [0.2, 0.25) is 5.02 Å². The van der Waals surface area contributed by atoms with Crippen molar-refractivity contribution in [2.24, 2.45) is 0 Å². The number of aromatic nitrogens is 4. The average molecular weight is 407 g/mol. The van der Waals surface area contributed by atoms with Crippen molar-refractivity contribution in [1.82, 2.24) is 19.7 Å². The lowest BCUT2D eigenvalue weighted by molar-refractivity contribution is 0.122. The topological polar surface area (TPSA) is 68.1 Å². The Hall–Kier alpha value is -3.16. The fourth-order valence-corrected chi connectivity index (χ4v) is 3.45. The Morgan fingerprint density at radius 3 is 2.45 bits per heavy atom. The maximum absolute atomic E-state index is 6.02. The molecule has 1 saturated heterocycles. The summed E-state index contributed by atoms with van der Waals surface area (Å²) in [6.07, 6.45) is 1.80. The van der Waals surface area contributed by atoms with Crippen LogP contribution in [0.3, 0.4) is 0 Å². The number of nitrogens with zero attached hydrogens (tertiary/aromatic N) is 5. The molecule has 0 amide bonds. The molecule has 0 bridgehead atoms. The van der Waals surface area contributed by atoms with Gasteiger partial charge in [0.25, 0.3) is 0 Å².